The Labute approximate surface area is 90.0 Å². The van der Waals surface area contributed by atoms with E-state index in [1.54, 1.807) is 12.3 Å². The van der Waals surface area contributed by atoms with Crippen molar-refractivity contribution in [3.8, 4) is 0 Å². The average Bonchev–Trinajstić information content (AvgIpc) is 2.65. The van der Waals surface area contributed by atoms with E-state index in [0.29, 0.717) is 19.5 Å². The fourth-order valence-electron chi connectivity index (χ4n) is 1.35. The second-order valence-electron chi connectivity index (χ2n) is 3.26. The van der Waals surface area contributed by atoms with Gasteiger partial charge in [0.25, 0.3) is 0 Å². The molecule has 0 fully saturated rings. The maximum atomic E-state index is 11.5. The van der Waals surface area contributed by atoms with Gasteiger partial charge < -0.3 is 9.88 Å². The van der Waals surface area contributed by atoms with Crippen molar-refractivity contribution >= 4 is 5.78 Å². The van der Waals surface area contributed by atoms with E-state index in [1.165, 1.54) is 0 Å². The summed E-state index contributed by atoms with van der Waals surface area (Å²) in [5.74, 6) is 0.987. The molecule has 0 amide bonds. The number of hydrogen-bond acceptors (Lipinski definition) is 3. The molecule has 15 heavy (non-hydrogen) atoms. The molecule has 0 aromatic carbocycles. The van der Waals surface area contributed by atoms with Gasteiger partial charge in [-0.25, -0.2) is 4.98 Å². The summed E-state index contributed by atoms with van der Waals surface area (Å²) in [5.41, 5.74) is 0. The molecule has 0 aliphatic carbocycles. The Balaban J connectivity index is 2.40. The molecule has 0 unspecified atom stereocenters. The number of imidazole rings is 1. The topological polar surface area (TPSA) is 46.9 Å². The molecule has 1 aromatic heterocycles. The van der Waals surface area contributed by atoms with Gasteiger partial charge in [0.2, 0.25) is 0 Å². The third kappa shape index (κ3) is 3.67. The molecule has 1 N–H and O–H groups in total. The first-order valence-electron chi connectivity index (χ1n) is 5.11. The van der Waals surface area contributed by atoms with Crippen molar-refractivity contribution < 1.29 is 4.79 Å². The molecule has 0 bridgehead atoms. The summed E-state index contributed by atoms with van der Waals surface area (Å²) in [6.45, 7) is 7.49. The lowest BCUT2D eigenvalue weighted by molar-refractivity contribution is -0.117. The van der Waals surface area contributed by atoms with E-state index in [2.05, 4.69) is 16.9 Å². The molecule has 0 saturated heterocycles. The highest BCUT2D eigenvalue weighted by Gasteiger charge is 2.07. The first-order valence-corrected chi connectivity index (χ1v) is 5.11. The van der Waals surface area contributed by atoms with Crippen molar-refractivity contribution in [3.63, 3.8) is 0 Å². The number of carbonyl (C=O) groups is 1. The summed E-state index contributed by atoms with van der Waals surface area (Å²) in [5, 5.41) is 2.98. The highest BCUT2D eigenvalue weighted by atomic mass is 16.1. The van der Waals surface area contributed by atoms with Crippen molar-refractivity contribution in [1.29, 1.82) is 0 Å². The first kappa shape index (κ1) is 11.7. The van der Waals surface area contributed by atoms with Crippen LogP contribution in [0.4, 0.5) is 0 Å². The van der Waals surface area contributed by atoms with Crippen LogP contribution in [0, 0.1) is 0 Å². The minimum atomic E-state index is 0.151. The van der Waals surface area contributed by atoms with Crippen LogP contribution in [-0.2, 0) is 17.8 Å². The fourth-order valence-corrected chi connectivity index (χ4v) is 1.35. The van der Waals surface area contributed by atoms with Crippen LogP contribution >= 0.6 is 0 Å². The van der Waals surface area contributed by atoms with Crippen LogP contribution in [0.25, 0.3) is 0 Å². The van der Waals surface area contributed by atoms with E-state index < -0.39 is 0 Å². The molecule has 0 aliphatic rings. The molecule has 0 saturated carbocycles. The fraction of sp³-hybridized carbons (Fsp3) is 0.455. The van der Waals surface area contributed by atoms with Gasteiger partial charge in [-0.3, -0.25) is 4.79 Å². The molecular weight excluding hydrogens is 190 g/mol. The Kier molecular flexibility index (Phi) is 4.77. The second-order valence-corrected chi connectivity index (χ2v) is 3.26. The average molecular weight is 207 g/mol. The normalized spacial score (nSPS) is 10.2. The predicted molar refractivity (Wildman–Crippen MR) is 59.7 cm³/mol. The Morgan fingerprint density at radius 3 is 3.20 bits per heavy atom. The van der Waals surface area contributed by atoms with Crippen LogP contribution in [0.5, 0.6) is 0 Å². The number of aryl methyl sites for hydroxylation is 1. The van der Waals surface area contributed by atoms with E-state index in [1.807, 2.05) is 17.7 Å². The van der Waals surface area contributed by atoms with Gasteiger partial charge in [0.05, 0.1) is 13.0 Å². The number of Topliss-reactive ketones (excluding diaryl/α,β-unsaturated/α-hetero) is 1. The number of nitrogens with one attached hydrogen (secondary N) is 1. The Morgan fingerprint density at radius 1 is 1.73 bits per heavy atom. The summed E-state index contributed by atoms with van der Waals surface area (Å²) in [4.78, 5) is 15.7. The van der Waals surface area contributed by atoms with Crippen LogP contribution in [0.2, 0.25) is 0 Å². The van der Waals surface area contributed by atoms with Gasteiger partial charge in [-0.1, -0.05) is 6.08 Å². The molecule has 1 rings (SSSR count). The van der Waals surface area contributed by atoms with Gasteiger partial charge in [-0.05, 0) is 6.92 Å². The van der Waals surface area contributed by atoms with E-state index in [4.69, 9.17) is 0 Å². The van der Waals surface area contributed by atoms with E-state index in [-0.39, 0.29) is 5.78 Å². The molecule has 0 radical (unpaired) electrons. The summed E-state index contributed by atoms with van der Waals surface area (Å²) in [6.07, 6.45) is 5.74. The van der Waals surface area contributed by atoms with Crippen molar-refractivity contribution in [2.24, 2.45) is 0 Å². The molecule has 0 spiro atoms. The van der Waals surface area contributed by atoms with Gasteiger partial charge in [-0.2, -0.15) is 0 Å². The first-order chi connectivity index (χ1) is 7.27. The zero-order chi connectivity index (χ0) is 11.1. The lowest BCUT2D eigenvalue weighted by Gasteiger charge is -2.04. The third-order valence-electron chi connectivity index (χ3n) is 2.11. The summed E-state index contributed by atoms with van der Waals surface area (Å²) in [6, 6.07) is 0. The Morgan fingerprint density at radius 2 is 2.53 bits per heavy atom. The van der Waals surface area contributed by atoms with E-state index in [0.717, 1.165) is 12.4 Å². The van der Waals surface area contributed by atoms with E-state index in [9.17, 15) is 4.79 Å². The van der Waals surface area contributed by atoms with Crippen molar-refractivity contribution in [2.45, 2.75) is 19.9 Å². The Hall–Kier alpha value is -1.42. The SMILES string of the molecule is C=CCNCC(=O)Cc1nccn1CC. The van der Waals surface area contributed by atoms with Crippen molar-refractivity contribution in [1.82, 2.24) is 14.9 Å². The van der Waals surface area contributed by atoms with Gasteiger partial charge in [0.15, 0.2) is 5.78 Å². The molecule has 82 valence electrons. The van der Waals surface area contributed by atoms with Gasteiger partial charge in [-0.15, -0.1) is 6.58 Å². The highest BCUT2D eigenvalue weighted by Crippen LogP contribution is 1.98. The smallest absolute Gasteiger partial charge is 0.154 e. The summed E-state index contributed by atoms with van der Waals surface area (Å²) in [7, 11) is 0. The molecule has 4 nitrogen and oxygen atoms in total. The summed E-state index contributed by atoms with van der Waals surface area (Å²) < 4.78 is 1.98. The number of rotatable bonds is 7. The minimum Gasteiger partial charge on any atom is -0.335 e. The maximum Gasteiger partial charge on any atom is 0.154 e. The van der Waals surface area contributed by atoms with Crippen LogP contribution in [0.15, 0.2) is 25.0 Å². The molecule has 4 heteroatoms. The highest BCUT2D eigenvalue weighted by molar-refractivity contribution is 5.82. The molecule has 1 heterocycles. The molecule has 0 atom stereocenters. The van der Waals surface area contributed by atoms with Crippen molar-refractivity contribution in [3.05, 3.63) is 30.9 Å². The summed E-state index contributed by atoms with van der Waals surface area (Å²) >= 11 is 0. The van der Waals surface area contributed by atoms with Gasteiger partial charge >= 0.3 is 0 Å². The van der Waals surface area contributed by atoms with Crippen LogP contribution in [0.3, 0.4) is 0 Å². The molecule has 0 aliphatic heterocycles. The Bertz CT molecular complexity index is 330. The predicted octanol–water partition coefficient (Wildman–Crippen LogP) is 0.790. The monoisotopic (exact) mass is 207 g/mol. The zero-order valence-corrected chi connectivity index (χ0v) is 9.07. The van der Waals surface area contributed by atoms with Crippen LogP contribution in [0.1, 0.15) is 12.7 Å². The standard InChI is InChI=1S/C11H17N3O/c1-3-5-12-9-10(15)8-11-13-6-7-14(11)4-2/h3,6-7,12H,1,4-5,8-9H2,2H3. The minimum absolute atomic E-state index is 0.151. The lowest BCUT2D eigenvalue weighted by atomic mass is 10.2. The third-order valence-corrected chi connectivity index (χ3v) is 2.11. The van der Waals surface area contributed by atoms with Gasteiger partial charge in [0, 0.05) is 25.5 Å². The maximum absolute atomic E-state index is 11.5. The lowest BCUT2D eigenvalue weighted by Crippen LogP contribution is -2.25. The van der Waals surface area contributed by atoms with Crippen molar-refractivity contribution in [2.75, 3.05) is 13.1 Å². The largest absolute Gasteiger partial charge is 0.335 e. The van der Waals surface area contributed by atoms with E-state index >= 15 is 0 Å². The van der Waals surface area contributed by atoms with Crippen LogP contribution < -0.4 is 5.32 Å². The number of aromatic nitrogens is 2. The van der Waals surface area contributed by atoms with Crippen LogP contribution in [-0.4, -0.2) is 28.4 Å². The van der Waals surface area contributed by atoms with Gasteiger partial charge in [0.1, 0.15) is 5.82 Å². The second kappa shape index (κ2) is 6.14. The number of hydrogen-bond donors (Lipinski definition) is 1. The number of ketones is 1. The zero-order valence-electron chi connectivity index (χ0n) is 9.07. The quantitative estimate of drug-likeness (QED) is 0.531. The molecular formula is C11H17N3O. The molecule has 1 aromatic rings. The number of nitrogens with zero attached hydrogens (tertiary/aromatic N) is 2. The number of carbonyl (C=O) groups excluding carboxylic acids is 1.